The molecule has 12 heavy (non-hydrogen) atoms. The highest BCUT2D eigenvalue weighted by Crippen LogP contribution is 2.33. The van der Waals surface area contributed by atoms with Crippen LogP contribution in [0.5, 0.6) is 0 Å². The van der Waals surface area contributed by atoms with Gasteiger partial charge in [0, 0.05) is 0 Å². The summed E-state index contributed by atoms with van der Waals surface area (Å²) in [7, 11) is 0. The third kappa shape index (κ3) is 2.20. The Morgan fingerprint density at radius 3 is 2.75 bits per heavy atom. The van der Waals surface area contributed by atoms with Crippen molar-refractivity contribution in [2.75, 3.05) is 0 Å². The third-order valence-electron chi connectivity index (χ3n) is 2.95. The molecular weight excluding hydrogens is 148 g/mol. The standard InChI is InChI=1S/C11H18O/c1-8-5-4-6-11(10(8)3)7-9(2)12/h7-8,10H,4-6H2,1-3H3. The second-order valence-electron chi connectivity index (χ2n) is 3.99. The van der Waals surface area contributed by atoms with Crippen LogP contribution in [0.4, 0.5) is 0 Å². The molecule has 0 spiro atoms. The molecule has 1 nitrogen and oxygen atoms in total. The average molecular weight is 166 g/mol. The lowest BCUT2D eigenvalue weighted by Gasteiger charge is -2.28. The van der Waals surface area contributed by atoms with Crippen LogP contribution < -0.4 is 0 Å². The molecule has 1 rings (SSSR count). The molecule has 0 amide bonds. The fourth-order valence-electron chi connectivity index (χ4n) is 1.94. The van der Waals surface area contributed by atoms with Crippen LogP contribution in [-0.4, -0.2) is 5.78 Å². The van der Waals surface area contributed by atoms with Crippen molar-refractivity contribution in [3.63, 3.8) is 0 Å². The molecular formula is C11H18O. The van der Waals surface area contributed by atoms with Crippen molar-refractivity contribution in [2.24, 2.45) is 11.8 Å². The quantitative estimate of drug-likeness (QED) is 0.547. The molecule has 0 radical (unpaired) electrons. The molecule has 0 N–H and O–H groups in total. The molecule has 0 aromatic rings. The van der Waals surface area contributed by atoms with Crippen molar-refractivity contribution in [1.82, 2.24) is 0 Å². The van der Waals surface area contributed by atoms with Gasteiger partial charge < -0.3 is 0 Å². The van der Waals surface area contributed by atoms with Gasteiger partial charge in [-0.1, -0.05) is 19.4 Å². The minimum absolute atomic E-state index is 0.200. The van der Waals surface area contributed by atoms with E-state index in [9.17, 15) is 4.79 Å². The van der Waals surface area contributed by atoms with Gasteiger partial charge in [0.05, 0.1) is 0 Å². The molecule has 1 saturated carbocycles. The van der Waals surface area contributed by atoms with Gasteiger partial charge in [-0.05, 0) is 44.1 Å². The lowest BCUT2D eigenvalue weighted by molar-refractivity contribution is -0.112. The second kappa shape index (κ2) is 3.88. The summed E-state index contributed by atoms with van der Waals surface area (Å²) in [6, 6.07) is 0. The Labute approximate surface area is 74.9 Å². The van der Waals surface area contributed by atoms with E-state index in [1.165, 1.54) is 18.4 Å². The van der Waals surface area contributed by atoms with E-state index in [4.69, 9.17) is 0 Å². The van der Waals surface area contributed by atoms with Crippen LogP contribution in [0.15, 0.2) is 11.6 Å². The topological polar surface area (TPSA) is 17.1 Å². The molecule has 2 atom stereocenters. The Hall–Kier alpha value is -0.590. The van der Waals surface area contributed by atoms with Gasteiger partial charge in [0.25, 0.3) is 0 Å². The Bertz CT molecular complexity index is 203. The molecule has 68 valence electrons. The number of hydrogen-bond donors (Lipinski definition) is 0. The van der Waals surface area contributed by atoms with E-state index >= 15 is 0 Å². The molecule has 0 aliphatic heterocycles. The van der Waals surface area contributed by atoms with E-state index in [1.807, 2.05) is 6.08 Å². The van der Waals surface area contributed by atoms with Crippen LogP contribution in [0.3, 0.4) is 0 Å². The highest BCUT2D eigenvalue weighted by Gasteiger charge is 2.21. The summed E-state index contributed by atoms with van der Waals surface area (Å²) in [6.45, 7) is 6.15. The maximum atomic E-state index is 10.9. The number of allylic oxidation sites excluding steroid dienone is 2. The smallest absolute Gasteiger partial charge is 0.152 e. The van der Waals surface area contributed by atoms with E-state index < -0.39 is 0 Å². The summed E-state index contributed by atoms with van der Waals surface area (Å²) in [5.74, 6) is 1.57. The lowest BCUT2D eigenvalue weighted by atomic mass is 9.77. The van der Waals surface area contributed by atoms with Crippen LogP contribution in [0, 0.1) is 11.8 Å². The van der Waals surface area contributed by atoms with E-state index in [0.717, 1.165) is 12.3 Å². The van der Waals surface area contributed by atoms with Gasteiger partial charge >= 0.3 is 0 Å². The third-order valence-corrected chi connectivity index (χ3v) is 2.95. The Kier molecular flexibility index (Phi) is 3.07. The number of carbonyl (C=O) groups is 1. The number of hydrogen-bond acceptors (Lipinski definition) is 1. The largest absolute Gasteiger partial charge is 0.295 e. The predicted octanol–water partition coefficient (Wildman–Crippen LogP) is 2.96. The molecule has 2 unspecified atom stereocenters. The molecule has 1 heteroatoms. The summed E-state index contributed by atoms with van der Waals surface area (Å²) >= 11 is 0. The molecule has 1 aliphatic carbocycles. The Balaban J connectivity index is 2.70. The van der Waals surface area contributed by atoms with Gasteiger partial charge in [-0.2, -0.15) is 0 Å². The SMILES string of the molecule is CC(=O)C=C1CCCC(C)C1C. The average Bonchev–Trinajstić information content (AvgIpc) is 1.98. The highest BCUT2D eigenvalue weighted by atomic mass is 16.1. The minimum Gasteiger partial charge on any atom is -0.295 e. The Morgan fingerprint density at radius 1 is 1.50 bits per heavy atom. The molecule has 0 aromatic heterocycles. The van der Waals surface area contributed by atoms with Gasteiger partial charge in [0.15, 0.2) is 5.78 Å². The van der Waals surface area contributed by atoms with Crippen LogP contribution in [-0.2, 0) is 4.79 Å². The summed E-state index contributed by atoms with van der Waals surface area (Å²) in [5.41, 5.74) is 1.36. The van der Waals surface area contributed by atoms with Gasteiger partial charge in [-0.15, -0.1) is 0 Å². The monoisotopic (exact) mass is 166 g/mol. The number of ketones is 1. The first-order valence-corrected chi connectivity index (χ1v) is 4.82. The van der Waals surface area contributed by atoms with E-state index in [1.54, 1.807) is 6.92 Å². The molecule has 0 saturated heterocycles. The molecule has 0 bridgehead atoms. The Morgan fingerprint density at radius 2 is 2.17 bits per heavy atom. The zero-order chi connectivity index (χ0) is 9.14. The van der Waals surface area contributed by atoms with Gasteiger partial charge in [0.1, 0.15) is 0 Å². The van der Waals surface area contributed by atoms with Crippen molar-refractivity contribution >= 4 is 5.78 Å². The number of rotatable bonds is 1. The normalized spacial score (nSPS) is 33.8. The summed E-state index contributed by atoms with van der Waals surface area (Å²) in [5, 5.41) is 0. The van der Waals surface area contributed by atoms with Crippen molar-refractivity contribution in [2.45, 2.75) is 40.0 Å². The van der Waals surface area contributed by atoms with E-state index in [-0.39, 0.29) is 5.78 Å². The summed E-state index contributed by atoms with van der Waals surface area (Å²) in [6.07, 6.45) is 5.53. The first-order valence-electron chi connectivity index (χ1n) is 4.82. The van der Waals surface area contributed by atoms with E-state index in [2.05, 4.69) is 13.8 Å². The van der Waals surface area contributed by atoms with E-state index in [0.29, 0.717) is 5.92 Å². The highest BCUT2D eigenvalue weighted by molar-refractivity contribution is 5.88. The molecule has 0 heterocycles. The summed E-state index contributed by atoms with van der Waals surface area (Å²) < 4.78 is 0. The number of carbonyl (C=O) groups excluding carboxylic acids is 1. The fourth-order valence-corrected chi connectivity index (χ4v) is 1.94. The van der Waals surface area contributed by atoms with Crippen LogP contribution in [0.25, 0.3) is 0 Å². The maximum Gasteiger partial charge on any atom is 0.152 e. The van der Waals surface area contributed by atoms with Crippen molar-refractivity contribution in [3.8, 4) is 0 Å². The molecule has 1 aliphatic rings. The second-order valence-corrected chi connectivity index (χ2v) is 3.99. The van der Waals surface area contributed by atoms with Crippen LogP contribution >= 0.6 is 0 Å². The van der Waals surface area contributed by atoms with Crippen LogP contribution in [0.2, 0.25) is 0 Å². The van der Waals surface area contributed by atoms with Gasteiger partial charge in [-0.3, -0.25) is 4.79 Å². The first kappa shape index (κ1) is 9.50. The van der Waals surface area contributed by atoms with Crippen LogP contribution in [0.1, 0.15) is 40.0 Å². The molecule has 1 fully saturated rings. The lowest BCUT2D eigenvalue weighted by Crippen LogP contribution is -2.16. The zero-order valence-electron chi connectivity index (χ0n) is 8.26. The minimum atomic E-state index is 0.200. The van der Waals surface area contributed by atoms with Crippen molar-refractivity contribution < 1.29 is 4.79 Å². The van der Waals surface area contributed by atoms with Gasteiger partial charge in [0.2, 0.25) is 0 Å². The van der Waals surface area contributed by atoms with Gasteiger partial charge in [-0.25, -0.2) is 0 Å². The molecule has 0 aromatic carbocycles. The van der Waals surface area contributed by atoms with Crippen molar-refractivity contribution in [1.29, 1.82) is 0 Å². The summed E-state index contributed by atoms with van der Waals surface area (Å²) in [4.78, 5) is 10.9. The first-order chi connectivity index (χ1) is 5.61. The zero-order valence-corrected chi connectivity index (χ0v) is 8.26. The predicted molar refractivity (Wildman–Crippen MR) is 50.9 cm³/mol. The maximum absolute atomic E-state index is 10.9. The fraction of sp³-hybridized carbons (Fsp3) is 0.727. The van der Waals surface area contributed by atoms with Crippen molar-refractivity contribution in [3.05, 3.63) is 11.6 Å².